The van der Waals surface area contributed by atoms with Gasteiger partial charge in [-0.3, -0.25) is 0 Å². The van der Waals surface area contributed by atoms with Crippen LogP contribution in [-0.2, 0) is 0 Å². The number of halogens is 2. The van der Waals surface area contributed by atoms with Crippen LogP contribution < -0.4 is 5.32 Å². The minimum atomic E-state index is 0.320. The lowest BCUT2D eigenvalue weighted by Crippen LogP contribution is -2.32. The topological polar surface area (TPSA) is 15.3 Å². The third-order valence-electron chi connectivity index (χ3n) is 4.53. The summed E-state index contributed by atoms with van der Waals surface area (Å²) >= 11 is 12.3. The zero-order valence-electron chi connectivity index (χ0n) is 13.0. The molecule has 1 saturated heterocycles. The van der Waals surface area contributed by atoms with Crippen molar-refractivity contribution in [1.29, 1.82) is 0 Å². The third kappa shape index (κ3) is 5.14. The predicted octanol–water partition coefficient (Wildman–Crippen LogP) is 4.77. The van der Waals surface area contributed by atoms with Crippen LogP contribution in [0.25, 0.3) is 0 Å². The molecule has 1 aliphatic rings. The van der Waals surface area contributed by atoms with Gasteiger partial charge in [0.2, 0.25) is 0 Å². The maximum atomic E-state index is 6.32. The van der Waals surface area contributed by atoms with Gasteiger partial charge in [0.25, 0.3) is 0 Å². The summed E-state index contributed by atoms with van der Waals surface area (Å²) in [5.41, 5.74) is 1.16. The van der Waals surface area contributed by atoms with Crippen LogP contribution in [0.5, 0.6) is 0 Å². The van der Waals surface area contributed by atoms with Crippen molar-refractivity contribution in [3.63, 3.8) is 0 Å². The van der Waals surface area contributed by atoms with Crippen LogP contribution in [-0.4, -0.2) is 31.6 Å². The molecule has 1 N–H and O–H groups in total. The molecule has 0 spiro atoms. The zero-order chi connectivity index (χ0) is 15.2. The van der Waals surface area contributed by atoms with E-state index in [0.29, 0.717) is 11.1 Å². The molecule has 118 valence electrons. The van der Waals surface area contributed by atoms with E-state index in [2.05, 4.69) is 24.2 Å². The molecule has 1 heterocycles. The number of nitrogens with zero attached hydrogens (tertiary/aromatic N) is 1. The van der Waals surface area contributed by atoms with Crippen LogP contribution >= 0.6 is 23.2 Å². The second-order valence-electron chi connectivity index (χ2n) is 6.12. The highest BCUT2D eigenvalue weighted by atomic mass is 35.5. The van der Waals surface area contributed by atoms with Crippen LogP contribution in [0.1, 0.15) is 44.2 Å². The second kappa shape index (κ2) is 8.38. The van der Waals surface area contributed by atoms with E-state index in [0.717, 1.165) is 29.5 Å². The maximum Gasteiger partial charge on any atom is 0.0468 e. The summed E-state index contributed by atoms with van der Waals surface area (Å²) in [4.78, 5) is 2.42. The molecule has 0 amide bonds. The molecule has 0 radical (unpaired) electrons. The molecule has 4 heteroatoms. The summed E-state index contributed by atoms with van der Waals surface area (Å²) in [7, 11) is 2.21. The summed E-state index contributed by atoms with van der Waals surface area (Å²) in [6, 6.07) is 6.12. The number of hydrogen-bond acceptors (Lipinski definition) is 2. The van der Waals surface area contributed by atoms with E-state index in [4.69, 9.17) is 23.2 Å². The Morgan fingerprint density at radius 3 is 2.62 bits per heavy atom. The Hall–Kier alpha value is -0.280. The standard InChI is InChI=1S/C17H26Cl2N2/c1-3-17(15-5-4-14(18)12-16(15)19)20-9-6-13-7-10-21(2)11-8-13/h4-5,12-13,17,20H,3,6-11H2,1-2H3. The number of likely N-dealkylation sites (tertiary alicyclic amines) is 1. The number of benzene rings is 1. The molecule has 1 aromatic carbocycles. The molecule has 0 saturated carbocycles. The Morgan fingerprint density at radius 1 is 1.29 bits per heavy atom. The second-order valence-corrected chi connectivity index (χ2v) is 6.96. The smallest absolute Gasteiger partial charge is 0.0468 e. The van der Waals surface area contributed by atoms with Crippen molar-refractivity contribution in [2.24, 2.45) is 5.92 Å². The first-order valence-electron chi connectivity index (χ1n) is 7.97. The lowest BCUT2D eigenvalue weighted by Gasteiger charge is -2.29. The summed E-state index contributed by atoms with van der Waals surface area (Å²) in [5, 5.41) is 5.13. The Morgan fingerprint density at radius 2 is 2.00 bits per heavy atom. The van der Waals surface area contributed by atoms with Crippen molar-refractivity contribution in [1.82, 2.24) is 10.2 Å². The molecule has 1 aliphatic heterocycles. The van der Waals surface area contributed by atoms with Crippen molar-refractivity contribution < 1.29 is 0 Å². The number of hydrogen-bond donors (Lipinski definition) is 1. The minimum absolute atomic E-state index is 0.320. The summed E-state index contributed by atoms with van der Waals surface area (Å²) < 4.78 is 0. The lowest BCUT2D eigenvalue weighted by atomic mass is 9.93. The van der Waals surface area contributed by atoms with E-state index < -0.39 is 0 Å². The molecule has 0 aliphatic carbocycles. The number of nitrogens with one attached hydrogen (secondary N) is 1. The first-order valence-corrected chi connectivity index (χ1v) is 8.72. The largest absolute Gasteiger partial charge is 0.310 e. The highest BCUT2D eigenvalue weighted by Crippen LogP contribution is 2.28. The molecule has 2 rings (SSSR count). The van der Waals surface area contributed by atoms with Crippen LogP contribution in [0.2, 0.25) is 10.0 Å². The molecule has 2 nitrogen and oxygen atoms in total. The Bertz CT molecular complexity index is 442. The third-order valence-corrected chi connectivity index (χ3v) is 5.09. The van der Waals surface area contributed by atoms with Crippen molar-refractivity contribution in [3.05, 3.63) is 33.8 Å². The van der Waals surface area contributed by atoms with E-state index in [9.17, 15) is 0 Å². The van der Waals surface area contributed by atoms with E-state index in [-0.39, 0.29) is 0 Å². The highest BCUT2D eigenvalue weighted by molar-refractivity contribution is 6.35. The molecule has 1 atom stereocenters. The average Bonchev–Trinajstić information content (AvgIpc) is 2.46. The van der Waals surface area contributed by atoms with Gasteiger partial charge < -0.3 is 10.2 Å². The fraction of sp³-hybridized carbons (Fsp3) is 0.647. The van der Waals surface area contributed by atoms with E-state index >= 15 is 0 Å². The van der Waals surface area contributed by atoms with Crippen LogP contribution in [0, 0.1) is 5.92 Å². The molecule has 0 bridgehead atoms. The normalized spacial score (nSPS) is 18.9. The minimum Gasteiger partial charge on any atom is -0.310 e. The molecule has 1 aromatic rings. The van der Waals surface area contributed by atoms with E-state index in [1.54, 1.807) is 0 Å². The predicted molar refractivity (Wildman–Crippen MR) is 92.3 cm³/mol. The molecular weight excluding hydrogens is 303 g/mol. The van der Waals surface area contributed by atoms with Gasteiger partial charge in [0.15, 0.2) is 0 Å². The van der Waals surface area contributed by atoms with E-state index in [1.807, 2.05) is 18.2 Å². The fourth-order valence-electron chi connectivity index (χ4n) is 3.07. The van der Waals surface area contributed by atoms with Crippen LogP contribution in [0.3, 0.4) is 0 Å². The van der Waals surface area contributed by atoms with Gasteiger partial charge >= 0.3 is 0 Å². The van der Waals surface area contributed by atoms with Gasteiger partial charge in [-0.1, -0.05) is 36.2 Å². The van der Waals surface area contributed by atoms with Crippen molar-refractivity contribution in [2.75, 3.05) is 26.7 Å². The molecule has 1 unspecified atom stereocenters. The van der Waals surface area contributed by atoms with Gasteiger partial charge in [-0.25, -0.2) is 0 Å². The number of piperidine rings is 1. The van der Waals surface area contributed by atoms with Crippen molar-refractivity contribution >= 4 is 23.2 Å². The van der Waals surface area contributed by atoms with Crippen LogP contribution in [0.4, 0.5) is 0 Å². The summed E-state index contributed by atoms with van der Waals surface area (Å²) in [5.74, 6) is 0.867. The molecule has 1 fully saturated rings. The lowest BCUT2D eigenvalue weighted by molar-refractivity contribution is 0.210. The monoisotopic (exact) mass is 328 g/mol. The van der Waals surface area contributed by atoms with Crippen molar-refractivity contribution in [3.8, 4) is 0 Å². The SMILES string of the molecule is CCC(NCCC1CCN(C)CC1)c1ccc(Cl)cc1Cl. The van der Waals surface area contributed by atoms with Gasteiger partial charge in [-0.15, -0.1) is 0 Å². The first-order chi connectivity index (χ1) is 10.1. The maximum absolute atomic E-state index is 6.32. The van der Waals surface area contributed by atoms with Gasteiger partial charge in [0.05, 0.1) is 0 Å². The van der Waals surface area contributed by atoms with E-state index in [1.165, 1.54) is 32.4 Å². The molecule has 21 heavy (non-hydrogen) atoms. The fourth-order valence-corrected chi connectivity index (χ4v) is 3.61. The Kier molecular flexibility index (Phi) is 6.81. The molecule has 0 aromatic heterocycles. The first kappa shape index (κ1) is 17.1. The Balaban J connectivity index is 1.82. The van der Waals surface area contributed by atoms with Crippen molar-refractivity contribution in [2.45, 2.75) is 38.6 Å². The zero-order valence-corrected chi connectivity index (χ0v) is 14.6. The highest BCUT2D eigenvalue weighted by Gasteiger charge is 2.17. The van der Waals surface area contributed by atoms with Gasteiger partial charge in [-0.2, -0.15) is 0 Å². The van der Waals surface area contributed by atoms with Gasteiger partial charge in [0.1, 0.15) is 0 Å². The summed E-state index contributed by atoms with van der Waals surface area (Å²) in [6.07, 6.45) is 4.96. The summed E-state index contributed by atoms with van der Waals surface area (Å²) in [6.45, 7) is 5.74. The van der Waals surface area contributed by atoms with Gasteiger partial charge in [-0.05, 0) is 76.0 Å². The average molecular weight is 329 g/mol. The molecular formula is C17H26Cl2N2. The number of rotatable bonds is 6. The van der Waals surface area contributed by atoms with Gasteiger partial charge in [0, 0.05) is 16.1 Å². The van der Waals surface area contributed by atoms with Crippen LogP contribution in [0.15, 0.2) is 18.2 Å². The quantitative estimate of drug-likeness (QED) is 0.809. The Labute approximate surface area is 138 Å².